The molecular formula is C15H12BrF4N. The molecule has 0 heterocycles. The largest absolute Gasteiger partial charge is 0.416 e. The number of alkyl halides is 3. The summed E-state index contributed by atoms with van der Waals surface area (Å²) in [5.41, 5.74) is 0.710. The molecule has 21 heavy (non-hydrogen) atoms. The highest BCUT2D eigenvalue weighted by Crippen LogP contribution is 2.30. The first-order valence-corrected chi connectivity index (χ1v) is 6.95. The van der Waals surface area contributed by atoms with E-state index in [1.165, 1.54) is 18.2 Å². The smallest absolute Gasteiger partial charge is 0.378 e. The zero-order chi connectivity index (χ0) is 15.6. The van der Waals surface area contributed by atoms with Gasteiger partial charge in [0.05, 0.1) is 10.0 Å². The van der Waals surface area contributed by atoms with E-state index in [2.05, 4.69) is 21.2 Å². The van der Waals surface area contributed by atoms with Gasteiger partial charge in [-0.1, -0.05) is 12.1 Å². The summed E-state index contributed by atoms with van der Waals surface area (Å²) in [6.07, 6.45) is -4.34. The lowest BCUT2D eigenvalue weighted by Crippen LogP contribution is -2.09. The van der Waals surface area contributed by atoms with Crippen molar-refractivity contribution in [2.24, 2.45) is 0 Å². The zero-order valence-corrected chi connectivity index (χ0v) is 12.6. The van der Waals surface area contributed by atoms with E-state index in [0.717, 1.165) is 12.1 Å². The van der Waals surface area contributed by atoms with Gasteiger partial charge < -0.3 is 5.32 Å². The first-order valence-electron chi connectivity index (χ1n) is 6.16. The first kappa shape index (κ1) is 15.8. The predicted octanol–water partition coefficient (Wildman–Crippen LogP) is 5.78. The monoisotopic (exact) mass is 361 g/mol. The topological polar surface area (TPSA) is 12.0 Å². The van der Waals surface area contributed by atoms with E-state index in [4.69, 9.17) is 0 Å². The maximum atomic E-state index is 13.1. The molecule has 0 aliphatic rings. The average molecular weight is 362 g/mol. The quantitative estimate of drug-likeness (QED) is 0.683. The highest BCUT2D eigenvalue weighted by atomic mass is 79.9. The van der Waals surface area contributed by atoms with Crippen LogP contribution in [0.3, 0.4) is 0 Å². The van der Waals surface area contributed by atoms with E-state index >= 15 is 0 Å². The lowest BCUT2D eigenvalue weighted by molar-refractivity contribution is -0.137. The highest BCUT2D eigenvalue weighted by molar-refractivity contribution is 9.10. The molecule has 0 spiro atoms. The molecule has 0 aliphatic carbocycles. The van der Waals surface area contributed by atoms with Crippen LogP contribution in [0.5, 0.6) is 0 Å². The molecule has 1 N–H and O–H groups in total. The third-order valence-corrected chi connectivity index (χ3v) is 3.65. The molecule has 0 amide bonds. The molecule has 6 heteroatoms. The molecule has 0 radical (unpaired) electrons. The second-order valence-corrected chi connectivity index (χ2v) is 5.47. The average Bonchev–Trinajstić information content (AvgIpc) is 2.42. The number of benzene rings is 2. The Hall–Kier alpha value is -1.56. The van der Waals surface area contributed by atoms with Gasteiger partial charge in [-0.15, -0.1) is 0 Å². The molecule has 0 saturated carbocycles. The van der Waals surface area contributed by atoms with E-state index in [9.17, 15) is 17.6 Å². The lowest BCUT2D eigenvalue weighted by atomic mass is 10.1. The number of nitrogens with one attached hydrogen (secondary N) is 1. The van der Waals surface area contributed by atoms with E-state index in [1.54, 1.807) is 12.1 Å². The van der Waals surface area contributed by atoms with Crippen molar-refractivity contribution in [3.05, 3.63) is 63.9 Å². The van der Waals surface area contributed by atoms with Crippen LogP contribution >= 0.6 is 15.9 Å². The number of rotatable bonds is 3. The Morgan fingerprint density at radius 2 is 1.67 bits per heavy atom. The first-order chi connectivity index (χ1) is 9.77. The molecule has 0 bridgehead atoms. The maximum absolute atomic E-state index is 13.1. The molecule has 2 rings (SSSR count). The Morgan fingerprint density at radius 3 is 2.19 bits per heavy atom. The van der Waals surface area contributed by atoms with Crippen molar-refractivity contribution in [3.63, 3.8) is 0 Å². The van der Waals surface area contributed by atoms with Crippen LogP contribution in [0.25, 0.3) is 0 Å². The van der Waals surface area contributed by atoms with Crippen LogP contribution in [0.1, 0.15) is 24.1 Å². The molecule has 0 aromatic heterocycles. The molecule has 0 fully saturated rings. The Labute approximate surface area is 128 Å². The van der Waals surface area contributed by atoms with Gasteiger partial charge in [-0.2, -0.15) is 13.2 Å². The fourth-order valence-corrected chi connectivity index (χ4v) is 2.26. The molecule has 0 saturated heterocycles. The summed E-state index contributed by atoms with van der Waals surface area (Å²) in [6, 6.07) is 9.22. The minimum atomic E-state index is -4.34. The summed E-state index contributed by atoms with van der Waals surface area (Å²) in [4.78, 5) is 0. The number of halogens is 5. The Kier molecular flexibility index (Phi) is 4.56. The Morgan fingerprint density at radius 1 is 1.05 bits per heavy atom. The zero-order valence-electron chi connectivity index (χ0n) is 11.0. The summed E-state index contributed by atoms with van der Waals surface area (Å²) in [7, 11) is 0. The highest BCUT2D eigenvalue weighted by Gasteiger charge is 2.30. The maximum Gasteiger partial charge on any atom is 0.416 e. The van der Waals surface area contributed by atoms with E-state index < -0.39 is 11.7 Å². The normalized spacial score (nSPS) is 13.0. The third kappa shape index (κ3) is 3.97. The summed E-state index contributed by atoms with van der Waals surface area (Å²) in [6.45, 7) is 1.82. The molecule has 2 aromatic carbocycles. The predicted molar refractivity (Wildman–Crippen MR) is 77.6 cm³/mol. The van der Waals surface area contributed by atoms with Crippen LogP contribution in [0, 0.1) is 5.82 Å². The van der Waals surface area contributed by atoms with Gasteiger partial charge in [-0.3, -0.25) is 0 Å². The summed E-state index contributed by atoms with van der Waals surface area (Å²) in [5.74, 6) is -0.372. The van der Waals surface area contributed by atoms with Gasteiger partial charge in [0, 0.05) is 11.7 Å². The number of hydrogen-bond acceptors (Lipinski definition) is 1. The van der Waals surface area contributed by atoms with Crippen LogP contribution in [-0.4, -0.2) is 0 Å². The van der Waals surface area contributed by atoms with Crippen molar-refractivity contribution in [1.82, 2.24) is 0 Å². The SMILES string of the molecule is CC(Nc1ccc(F)c(Br)c1)c1ccc(C(F)(F)F)cc1. The minimum Gasteiger partial charge on any atom is -0.378 e. The van der Waals surface area contributed by atoms with Crippen LogP contribution < -0.4 is 5.32 Å². The van der Waals surface area contributed by atoms with Crippen molar-refractivity contribution in [3.8, 4) is 0 Å². The van der Waals surface area contributed by atoms with Gasteiger partial charge in [-0.25, -0.2) is 4.39 Å². The van der Waals surface area contributed by atoms with Crippen molar-refractivity contribution in [2.45, 2.75) is 19.1 Å². The molecule has 1 nitrogen and oxygen atoms in total. The summed E-state index contributed by atoms with van der Waals surface area (Å²) < 4.78 is 50.9. The van der Waals surface area contributed by atoms with Crippen LogP contribution in [0.2, 0.25) is 0 Å². The second-order valence-electron chi connectivity index (χ2n) is 4.61. The third-order valence-electron chi connectivity index (χ3n) is 3.04. The van der Waals surface area contributed by atoms with Gasteiger partial charge in [0.2, 0.25) is 0 Å². The summed E-state index contributed by atoms with van der Waals surface area (Å²) in [5, 5.41) is 3.11. The van der Waals surface area contributed by atoms with Gasteiger partial charge in [-0.05, 0) is 58.7 Å². The van der Waals surface area contributed by atoms with E-state index in [1.807, 2.05) is 6.92 Å². The standard InChI is InChI=1S/C15H12BrF4N/c1-9(21-12-6-7-14(17)13(16)8-12)10-2-4-11(5-3-10)15(18,19)20/h2-9,21H,1H3. The van der Waals surface area contributed by atoms with Crippen LogP contribution in [0.4, 0.5) is 23.2 Å². The van der Waals surface area contributed by atoms with E-state index in [-0.39, 0.29) is 11.9 Å². The molecule has 1 unspecified atom stereocenters. The fraction of sp³-hybridized carbons (Fsp3) is 0.200. The Bertz CT molecular complexity index is 623. The fourth-order valence-electron chi connectivity index (χ4n) is 1.88. The van der Waals surface area contributed by atoms with Crippen molar-refractivity contribution >= 4 is 21.6 Å². The van der Waals surface area contributed by atoms with Gasteiger partial charge >= 0.3 is 6.18 Å². The van der Waals surface area contributed by atoms with Gasteiger partial charge in [0.1, 0.15) is 5.82 Å². The van der Waals surface area contributed by atoms with E-state index in [0.29, 0.717) is 15.7 Å². The minimum absolute atomic E-state index is 0.204. The van der Waals surface area contributed by atoms with Crippen LogP contribution in [0.15, 0.2) is 46.9 Å². The lowest BCUT2D eigenvalue weighted by Gasteiger charge is -2.17. The number of hydrogen-bond donors (Lipinski definition) is 1. The van der Waals surface area contributed by atoms with Crippen molar-refractivity contribution < 1.29 is 17.6 Å². The molecule has 2 aromatic rings. The molecule has 1 atom stereocenters. The summed E-state index contributed by atoms with van der Waals surface area (Å²) >= 11 is 3.08. The van der Waals surface area contributed by atoms with Gasteiger partial charge in [0.15, 0.2) is 0 Å². The molecule has 0 aliphatic heterocycles. The molecule has 112 valence electrons. The van der Waals surface area contributed by atoms with Crippen LogP contribution in [-0.2, 0) is 6.18 Å². The van der Waals surface area contributed by atoms with Crippen molar-refractivity contribution in [1.29, 1.82) is 0 Å². The van der Waals surface area contributed by atoms with Gasteiger partial charge in [0.25, 0.3) is 0 Å². The number of anilines is 1. The second kappa shape index (κ2) is 6.05. The Balaban J connectivity index is 2.13. The molecular weight excluding hydrogens is 350 g/mol. The van der Waals surface area contributed by atoms with Crippen molar-refractivity contribution in [2.75, 3.05) is 5.32 Å².